The first-order valence-corrected chi connectivity index (χ1v) is 9.21. The van der Waals surface area contributed by atoms with Crippen LogP contribution in [-0.4, -0.2) is 17.7 Å². The van der Waals surface area contributed by atoms with Crippen LogP contribution in [0.1, 0.15) is 29.1 Å². The first-order valence-electron chi connectivity index (χ1n) is 7.38. The number of hydrogen-bond acceptors (Lipinski definition) is 3. The number of pyridine rings is 1. The van der Waals surface area contributed by atoms with Gasteiger partial charge in [0, 0.05) is 6.20 Å². The zero-order chi connectivity index (χ0) is 16.7. The van der Waals surface area contributed by atoms with E-state index in [1.165, 1.54) is 0 Å². The highest BCUT2D eigenvalue weighted by molar-refractivity contribution is 9.24. The molecule has 0 atom stereocenters. The van der Waals surface area contributed by atoms with Crippen LogP contribution in [0.25, 0.3) is 11.1 Å². The van der Waals surface area contributed by atoms with E-state index < -0.39 is 6.09 Å². The first kappa shape index (κ1) is 17.9. The summed E-state index contributed by atoms with van der Waals surface area (Å²) in [6.45, 7) is 2.47. The van der Waals surface area contributed by atoms with Crippen LogP contribution in [0.2, 0.25) is 0 Å². The molecule has 0 aliphatic heterocycles. The Morgan fingerprint density at radius 3 is 2.61 bits per heavy atom. The van der Waals surface area contributed by atoms with Gasteiger partial charge in [0.1, 0.15) is 5.82 Å². The van der Waals surface area contributed by atoms with E-state index in [-0.39, 0.29) is 3.74 Å². The lowest BCUT2D eigenvalue weighted by molar-refractivity contribution is 0.160. The number of ether oxygens (including phenoxy) is 1. The lowest BCUT2D eigenvalue weighted by atomic mass is 10.1. The van der Waals surface area contributed by atoms with Crippen LogP contribution in [0.3, 0.4) is 0 Å². The second-order valence-corrected chi connectivity index (χ2v) is 8.03. The summed E-state index contributed by atoms with van der Waals surface area (Å²) < 4.78 is 5.21. The number of hydrogen-bond donors (Lipinski definition) is 1. The Balaban J connectivity index is 2.05. The highest BCUT2D eigenvalue weighted by Crippen LogP contribution is 2.31. The van der Waals surface area contributed by atoms with Crippen LogP contribution < -0.4 is 5.32 Å². The quantitative estimate of drug-likeness (QED) is 0.449. The van der Waals surface area contributed by atoms with Gasteiger partial charge in [-0.15, -0.1) is 0 Å². The number of amides is 1. The molecular formula is C17H18Br2N2O2. The van der Waals surface area contributed by atoms with Gasteiger partial charge in [0.15, 0.2) is 0 Å². The van der Waals surface area contributed by atoms with Crippen molar-refractivity contribution in [3.63, 3.8) is 0 Å². The molecule has 1 heterocycles. The van der Waals surface area contributed by atoms with E-state index in [4.69, 9.17) is 4.74 Å². The first-order chi connectivity index (χ1) is 11.1. The minimum Gasteiger partial charge on any atom is -0.449 e. The summed E-state index contributed by atoms with van der Waals surface area (Å²) in [5, 5.41) is 2.65. The van der Waals surface area contributed by atoms with Gasteiger partial charge in [0.2, 0.25) is 0 Å². The van der Waals surface area contributed by atoms with E-state index in [0.717, 1.165) is 29.5 Å². The van der Waals surface area contributed by atoms with Crippen molar-refractivity contribution < 1.29 is 9.53 Å². The second kappa shape index (κ2) is 9.03. The van der Waals surface area contributed by atoms with Crippen LogP contribution in [0.5, 0.6) is 0 Å². The lowest BCUT2D eigenvalue weighted by Gasteiger charge is -2.08. The minimum absolute atomic E-state index is 0.136. The van der Waals surface area contributed by atoms with Crippen LogP contribution in [0.4, 0.5) is 10.6 Å². The predicted molar refractivity (Wildman–Crippen MR) is 100 cm³/mol. The number of aromatic nitrogens is 1. The molecule has 0 bridgehead atoms. The number of benzene rings is 1. The van der Waals surface area contributed by atoms with Crippen LogP contribution >= 0.6 is 31.9 Å². The monoisotopic (exact) mass is 440 g/mol. The van der Waals surface area contributed by atoms with Gasteiger partial charge in [0.05, 0.1) is 10.3 Å². The number of nitrogens with zero attached hydrogens (tertiary/aromatic N) is 1. The molecule has 0 radical (unpaired) electrons. The zero-order valence-corrected chi connectivity index (χ0v) is 15.9. The number of carbonyl (C=O) groups is 1. The van der Waals surface area contributed by atoms with Gasteiger partial charge in [-0.25, -0.2) is 9.78 Å². The van der Waals surface area contributed by atoms with E-state index in [2.05, 4.69) is 42.2 Å². The fourth-order valence-electron chi connectivity index (χ4n) is 1.95. The van der Waals surface area contributed by atoms with Gasteiger partial charge < -0.3 is 4.74 Å². The molecule has 0 aliphatic rings. The molecule has 1 N–H and O–H groups in total. The summed E-state index contributed by atoms with van der Waals surface area (Å²) >= 11 is 6.95. The van der Waals surface area contributed by atoms with E-state index >= 15 is 0 Å². The molecule has 0 fully saturated rings. The molecule has 122 valence electrons. The lowest BCUT2D eigenvalue weighted by Crippen LogP contribution is -2.15. The van der Waals surface area contributed by atoms with E-state index in [1.807, 2.05) is 43.3 Å². The zero-order valence-electron chi connectivity index (χ0n) is 12.8. The van der Waals surface area contributed by atoms with Gasteiger partial charge in [-0.3, -0.25) is 5.32 Å². The third kappa shape index (κ3) is 5.62. The van der Waals surface area contributed by atoms with Crippen molar-refractivity contribution in [2.75, 3.05) is 11.9 Å². The number of halogens is 2. The standard InChI is InChI=1S/C17H18Br2N2O2/c1-2-3-10-23-17(22)21-15-11-14(8-9-20-15)12-4-6-13(7-5-12)16(18)19/h4-9,11,16H,2-3,10H2,1H3,(H,20,21,22). The van der Waals surface area contributed by atoms with Crippen LogP contribution in [0, 0.1) is 0 Å². The summed E-state index contributed by atoms with van der Waals surface area (Å²) in [6, 6.07) is 11.9. The van der Waals surface area contributed by atoms with Crippen molar-refractivity contribution >= 4 is 43.8 Å². The van der Waals surface area contributed by atoms with Crippen molar-refractivity contribution in [2.24, 2.45) is 0 Å². The number of nitrogens with one attached hydrogen (secondary N) is 1. The number of carbonyl (C=O) groups excluding carboxylic acids is 1. The predicted octanol–water partition coefficient (Wildman–Crippen LogP) is 5.89. The normalized spacial score (nSPS) is 10.6. The maximum absolute atomic E-state index is 11.7. The molecule has 6 heteroatoms. The summed E-state index contributed by atoms with van der Waals surface area (Å²) in [5.74, 6) is 0.479. The summed E-state index contributed by atoms with van der Waals surface area (Å²) in [5.41, 5.74) is 3.18. The second-order valence-electron chi connectivity index (χ2n) is 4.97. The van der Waals surface area contributed by atoms with Crippen molar-refractivity contribution in [1.29, 1.82) is 0 Å². The Hall–Kier alpha value is -1.40. The summed E-state index contributed by atoms with van der Waals surface area (Å²) in [7, 11) is 0. The fraction of sp³-hybridized carbons (Fsp3) is 0.294. The minimum atomic E-state index is -0.472. The van der Waals surface area contributed by atoms with Gasteiger partial charge >= 0.3 is 6.09 Å². The fourth-order valence-corrected chi connectivity index (χ4v) is 2.56. The molecule has 1 aromatic heterocycles. The summed E-state index contributed by atoms with van der Waals surface area (Å²) in [4.78, 5) is 15.8. The third-order valence-electron chi connectivity index (χ3n) is 3.22. The maximum atomic E-state index is 11.7. The molecule has 0 saturated heterocycles. The molecule has 2 rings (SSSR count). The van der Waals surface area contributed by atoms with Gasteiger partial charge in [-0.1, -0.05) is 69.5 Å². The molecule has 23 heavy (non-hydrogen) atoms. The Labute approximate surface area is 152 Å². The Morgan fingerprint density at radius 1 is 1.22 bits per heavy atom. The van der Waals surface area contributed by atoms with Crippen molar-refractivity contribution in [3.05, 3.63) is 48.2 Å². The highest BCUT2D eigenvalue weighted by atomic mass is 79.9. The SMILES string of the molecule is CCCCOC(=O)Nc1cc(-c2ccc(C(Br)Br)cc2)ccn1. The molecule has 1 amide bonds. The topological polar surface area (TPSA) is 51.2 Å². The number of anilines is 1. The molecule has 0 unspecified atom stereocenters. The molecule has 2 aromatic rings. The molecule has 0 spiro atoms. The van der Waals surface area contributed by atoms with E-state index in [9.17, 15) is 4.79 Å². The molecule has 0 saturated carbocycles. The van der Waals surface area contributed by atoms with Crippen LogP contribution in [0.15, 0.2) is 42.6 Å². The number of alkyl halides is 2. The van der Waals surface area contributed by atoms with Gasteiger partial charge in [-0.2, -0.15) is 0 Å². The molecular weight excluding hydrogens is 424 g/mol. The van der Waals surface area contributed by atoms with Crippen molar-refractivity contribution in [3.8, 4) is 11.1 Å². The maximum Gasteiger partial charge on any atom is 0.412 e. The van der Waals surface area contributed by atoms with Gasteiger partial charge in [0.25, 0.3) is 0 Å². The Kier molecular flexibility index (Phi) is 7.05. The van der Waals surface area contributed by atoms with E-state index in [0.29, 0.717) is 12.4 Å². The Bertz CT molecular complexity index is 645. The van der Waals surface area contributed by atoms with E-state index in [1.54, 1.807) is 6.20 Å². The van der Waals surface area contributed by atoms with Gasteiger partial charge in [-0.05, 0) is 35.2 Å². The summed E-state index contributed by atoms with van der Waals surface area (Å²) in [6.07, 6.45) is 3.04. The van der Waals surface area contributed by atoms with Crippen molar-refractivity contribution in [2.45, 2.75) is 23.5 Å². The highest BCUT2D eigenvalue weighted by Gasteiger charge is 2.07. The number of unbranched alkanes of at least 4 members (excludes halogenated alkanes) is 1. The smallest absolute Gasteiger partial charge is 0.412 e. The van der Waals surface area contributed by atoms with Crippen molar-refractivity contribution in [1.82, 2.24) is 4.98 Å². The van der Waals surface area contributed by atoms with Crippen LogP contribution in [-0.2, 0) is 4.74 Å². The molecule has 4 nitrogen and oxygen atoms in total. The molecule has 0 aliphatic carbocycles. The molecule has 1 aromatic carbocycles. The third-order valence-corrected chi connectivity index (χ3v) is 4.27. The largest absolute Gasteiger partial charge is 0.449 e. The average Bonchev–Trinajstić information content (AvgIpc) is 2.55. The Morgan fingerprint density at radius 2 is 1.96 bits per heavy atom. The number of rotatable bonds is 6. The average molecular weight is 442 g/mol.